The van der Waals surface area contributed by atoms with Crippen LogP contribution in [0.5, 0.6) is 5.75 Å². The fraction of sp³-hybridized carbons (Fsp3) is 0.214. The number of benzene rings is 5. The van der Waals surface area contributed by atoms with E-state index in [2.05, 4.69) is 24.3 Å². The number of anilines is 1. The summed E-state index contributed by atoms with van der Waals surface area (Å²) in [5, 5.41) is 0. The summed E-state index contributed by atoms with van der Waals surface area (Å²) >= 11 is 0. The Labute approximate surface area is 274 Å². The molecule has 47 heavy (non-hydrogen) atoms. The van der Waals surface area contributed by atoms with Crippen molar-refractivity contribution in [1.82, 2.24) is 0 Å². The van der Waals surface area contributed by atoms with Crippen molar-refractivity contribution >= 4 is 23.3 Å². The molecule has 0 N–H and O–H groups in total. The Hall–Kier alpha value is -5.29. The first kappa shape index (κ1) is 29.1. The molecule has 1 aliphatic heterocycles. The lowest BCUT2D eigenvalue weighted by Crippen LogP contribution is -2.49. The van der Waals surface area contributed by atoms with Gasteiger partial charge in [0, 0.05) is 11.8 Å². The van der Waals surface area contributed by atoms with E-state index in [1.807, 2.05) is 116 Å². The van der Waals surface area contributed by atoms with E-state index in [1.165, 1.54) is 4.90 Å². The Balaban J connectivity index is 1.49. The number of ketones is 1. The van der Waals surface area contributed by atoms with Crippen LogP contribution in [0.4, 0.5) is 5.69 Å². The summed E-state index contributed by atoms with van der Waals surface area (Å²) in [7, 11) is 0. The first-order valence-corrected chi connectivity index (χ1v) is 16.4. The van der Waals surface area contributed by atoms with Gasteiger partial charge in [-0.2, -0.15) is 0 Å². The van der Waals surface area contributed by atoms with Gasteiger partial charge in [-0.1, -0.05) is 140 Å². The summed E-state index contributed by atoms with van der Waals surface area (Å²) in [5.41, 5.74) is 1.28. The van der Waals surface area contributed by atoms with Crippen molar-refractivity contribution in [2.24, 2.45) is 11.8 Å². The predicted octanol–water partition coefficient (Wildman–Crippen LogP) is 7.62. The Morgan fingerprint density at radius 3 is 1.38 bits per heavy atom. The third-order valence-corrected chi connectivity index (χ3v) is 10.7. The van der Waals surface area contributed by atoms with Crippen molar-refractivity contribution in [2.45, 2.75) is 36.0 Å². The van der Waals surface area contributed by atoms with Crippen LogP contribution < -0.4 is 9.64 Å². The second kappa shape index (κ2) is 11.2. The normalized spacial score (nSPS) is 27.7. The maximum atomic E-state index is 16.0. The van der Waals surface area contributed by atoms with Gasteiger partial charge in [-0.05, 0) is 40.8 Å². The SMILES string of the molecule is CCCOc1ccccc1N1C(=O)[C@@H]2[C@H](C1=O)[C@@]1(c3ccccc3)C(=O)[C@@]2(c2ccccc2)[C@@H](c2ccccc2)[C@H]1c1ccccc1. The third kappa shape index (κ3) is 3.86. The summed E-state index contributed by atoms with van der Waals surface area (Å²) in [6.45, 7) is 2.47. The molecule has 0 unspecified atom stereocenters. The first-order chi connectivity index (χ1) is 23.1. The molecule has 5 aromatic rings. The summed E-state index contributed by atoms with van der Waals surface area (Å²) < 4.78 is 6.10. The highest BCUT2D eigenvalue weighted by Gasteiger charge is 2.86. The molecule has 6 atom stereocenters. The van der Waals surface area contributed by atoms with Gasteiger partial charge in [0.15, 0.2) is 5.78 Å². The number of amides is 2. The molecular weight excluding hydrogens is 582 g/mol. The maximum Gasteiger partial charge on any atom is 0.239 e. The Morgan fingerprint density at radius 2 is 0.936 bits per heavy atom. The van der Waals surface area contributed by atoms with E-state index in [1.54, 1.807) is 12.1 Å². The van der Waals surface area contributed by atoms with E-state index in [0.29, 0.717) is 18.0 Å². The van der Waals surface area contributed by atoms with E-state index >= 15 is 14.4 Å². The molecule has 0 radical (unpaired) electrons. The highest BCUT2D eigenvalue weighted by atomic mass is 16.5. The van der Waals surface area contributed by atoms with Crippen molar-refractivity contribution < 1.29 is 19.1 Å². The Kier molecular flexibility index (Phi) is 6.94. The van der Waals surface area contributed by atoms with Crippen LogP contribution in [0.25, 0.3) is 0 Å². The molecule has 0 spiro atoms. The molecule has 5 nitrogen and oxygen atoms in total. The maximum absolute atomic E-state index is 16.0. The molecule has 0 aromatic heterocycles. The van der Waals surface area contributed by atoms with E-state index < -0.39 is 34.5 Å². The molecule has 5 heteroatoms. The van der Waals surface area contributed by atoms with Gasteiger partial charge in [-0.15, -0.1) is 0 Å². The third-order valence-electron chi connectivity index (χ3n) is 10.7. The number of nitrogens with zero attached hydrogens (tertiary/aromatic N) is 1. The lowest BCUT2D eigenvalue weighted by molar-refractivity contribution is -0.131. The van der Waals surface area contributed by atoms with Gasteiger partial charge >= 0.3 is 0 Å². The zero-order valence-electron chi connectivity index (χ0n) is 26.2. The number of carbonyl (C=O) groups is 3. The Bertz CT molecular complexity index is 1840. The average Bonchev–Trinajstić information content (AvgIpc) is 3.64. The molecule has 2 saturated carbocycles. The molecule has 5 aromatic carbocycles. The number of hydrogen-bond acceptors (Lipinski definition) is 4. The number of Topliss-reactive ketones (excluding diaryl/α,β-unsaturated/α-hetero) is 1. The smallest absolute Gasteiger partial charge is 0.239 e. The largest absolute Gasteiger partial charge is 0.491 e. The van der Waals surface area contributed by atoms with Crippen LogP contribution in [0.1, 0.15) is 47.4 Å². The van der Waals surface area contributed by atoms with E-state index in [0.717, 1.165) is 28.7 Å². The number of ether oxygens (including phenoxy) is 1. The molecular formula is C42H35NO4. The second-order valence-corrected chi connectivity index (χ2v) is 12.9. The number of carbonyl (C=O) groups excluding carboxylic acids is 3. The lowest BCUT2D eigenvalue weighted by atomic mass is 9.52. The minimum absolute atomic E-state index is 0.0584. The molecule has 2 amide bonds. The van der Waals surface area contributed by atoms with Crippen LogP contribution in [-0.2, 0) is 25.2 Å². The summed E-state index contributed by atoms with van der Waals surface area (Å²) in [6, 6.07) is 46.9. The van der Waals surface area contributed by atoms with Crippen molar-refractivity contribution in [3.8, 4) is 5.75 Å². The molecule has 2 bridgehead atoms. The van der Waals surface area contributed by atoms with Gasteiger partial charge < -0.3 is 4.74 Å². The highest BCUT2D eigenvalue weighted by molar-refractivity contribution is 6.30. The van der Waals surface area contributed by atoms with Crippen LogP contribution in [0, 0.1) is 11.8 Å². The zero-order valence-corrected chi connectivity index (χ0v) is 26.2. The van der Waals surface area contributed by atoms with Crippen molar-refractivity contribution in [1.29, 1.82) is 0 Å². The van der Waals surface area contributed by atoms with Gasteiger partial charge in [-0.3, -0.25) is 14.4 Å². The summed E-state index contributed by atoms with van der Waals surface area (Å²) in [4.78, 5) is 47.8. The molecule has 3 aliphatic rings. The number of para-hydroxylation sites is 2. The minimum atomic E-state index is -1.32. The van der Waals surface area contributed by atoms with Crippen LogP contribution >= 0.6 is 0 Å². The molecule has 1 saturated heterocycles. The molecule has 8 rings (SSSR count). The van der Waals surface area contributed by atoms with Gasteiger partial charge in [0.25, 0.3) is 0 Å². The van der Waals surface area contributed by atoms with Crippen LogP contribution in [0.15, 0.2) is 146 Å². The molecule has 232 valence electrons. The number of fused-ring (bicyclic) bond motifs is 5. The first-order valence-electron chi connectivity index (χ1n) is 16.4. The van der Waals surface area contributed by atoms with Crippen LogP contribution in [0.3, 0.4) is 0 Å². The average molecular weight is 618 g/mol. The van der Waals surface area contributed by atoms with Crippen molar-refractivity contribution in [3.05, 3.63) is 168 Å². The number of imide groups is 1. The van der Waals surface area contributed by atoms with Gasteiger partial charge in [0.1, 0.15) is 5.75 Å². The fourth-order valence-electron chi connectivity index (χ4n) is 9.26. The Morgan fingerprint density at radius 1 is 0.532 bits per heavy atom. The minimum Gasteiger partial charge on any atom is -0.491 e. The van der Waals surface area contributed by atoms with Gasteiger partial charge in [0.05, 0.1) is 35.0 Å². The van der Waals surface area contributed by atoms with Crippen molar-refractivity contribution in [2.75, 3.05) is 11.5 Å². The quantitative estimate of drug-likeness (QED) is 0.168. The predicted molar refractivity (Wildman–Crippen MR) is 181 cm³/mol. The second-order valence-electron chi connectivity index (χ2n) is 12.9. The van der Waals surface area contributed by atoms with Crippen LogP contribution in [-0.4, -0.2) is 24.2 Å². The molecule has 2 aliphatic carbocycles. The summed E-state index contributed by atoms with van der Waals surface area (Å²) in [5.74, 6) is -2.97. The highest BCUT2D eigenvalue weighted by Crippen LogP contribution is 2.77. The molecule has 3 fully saturated rings. The van der Waals surface area contributed by atoms with Gasteiger partial charge in [-0.25, -0.2) is 4.90 Å². The van der Waals surface area contributed by atoms with E-state index in [4.69, 9.17) is 4.74 Å². The topological polar surface area (TPSA) is 63.7 Å². The molecule has 1 heterocycles. The van der Waals surface area contributed by atoms with E-state index in [-0.39, 0.29) is 17.6 Å². The standard InChI is InChI=1S/C42H35NO4/c1-2-27-47-33-26-16-15-25-32(33)43-38(44)36-37(39(43)45)42(31-23-13-6-14-24-31)35(29-19-9-4-10-20-29)34(28-17-7-3-8-18-28)41(36,40(42)46)30-21-11-5-12-22-30/h3-26,34-37H,2,27H2,1H3/t34-,35+,36-,37+,41-,42-/m0/s1. The van der Waals surface area contributed by atoms with Crippen LogP contribution in [0.2, 0.25) is 0 Å². The van der Waals surface area contributed by atoms with E-state index in [9.17, 15) is 0 Å². The number of hydrogen-bond donors (Lipinski definition) is 0. The van der Waals surface area contributed by atoms with Crippen molar-refractivity contribution in [3.63, 3.8) is 0 Å². The zero-order chi connectivity index (χ0) is 32.2. The summed E-state index contributed by atoms with van der Waals surface area (Å²) in [6.07, 6.45) is 0.779. The monoisotopic (exact) mass is 617 g/mol. The fourth-order valence-corrected chi connectivity index (χ4v) is 9.26. The number of rotatable bonds is 8. The lowest BCUT2D eigenvalue weighted by Gasteiger charge is -2.46. The van der Waals surface area contributed by atoms with Gasteiger partial charge in [0.2, 0.25) is 11.8 Å².